The summed E-state index contributed by atoms with van der Waals surface area (Å²) in [5.74, 6) is -0.161. The zero-order valence-corrected chi connectivity index (χ0v) is 18.4. The molecule has 0 saturated heterocycles. The lowest BCUT2D eigenvalue weighted by atomic mass is 10.2. The Balaban J connectivity index is 1.86. The molecule has 166 valence electrons. The topological polar surface area (TPSA) is 98.2 Å². The van der Waals surface area contributed by atoms with Gasteiger partial charge in [0.05, 0.1) is 25.3 Å². The van der Waals surface area contributed by atoms with E-state index in [1.54, 1.807) is 69.5 Å². The molecule has 0 aliphatic rings. The molecule has 0 spiro atoms. The molecular weight excluding hydrogens is 398 g/mol. The molecule has 2 aromatic rings. The molecule has 0 aliphatic carbocycles. The van der Waals surface area contributed by atoms with Crippen molar-refractivity contribution in [1.82, 2.24) is 0 Å². The molecule has 3 N–H and O–H groups in total. The van der Waals surface area contributed by atoms with E-state index < -0.39 is 5.97 Å². The smallest absolute Gasteiger partial charge is 0.338 e. The number of hydrogen-bond donors (Lipinski definition) is 3. The van der Waals surface area contributed by atoms with Crippen molar-refractivity contribution in [3.63, 3.8) is 0 Å². The lowest BCUT2D eigenvalue weighted by Gasteiger charge is -2.17. The molecule has 0 aliphatic heterocycles. The fraction of sp³-hybridized carbons (Fsp3) is 0.348. The third-order valence-corrected chi connectivity index (χ3v) is 4.42. The Kier molecular flexibility index (Phi) is 9.02. The van der Waals surface area contributed by atoms with Crippen LogP contribution in [0.3, 0.4) is 0 Å². The Labute approximate surface area is 182 Å². The lowest BCUT2D eigenvalue weighted by Crippen LogP contribution is -3.13. The largest absolute Gasteiger partial charge is 0.497 e. The van der Waals surface area contributed by atoms with Crippen molar-refractivity contribution in [3.8, 4) is 5.75 Å². The number of rotatable bonds is 10. The van der Waals surface area contributed by atoms with Crippen LogP contribution in [0.25, 0.3) is 0 Å². The monoisotopic (exact) mass is 428 g/mol. The SMILES string of the molecule is CC[NH+](CC(=O)Nc1ccc(C(=O)OC(C)C)cc1)CC(=O)Nc1cccc(OC)c1. The van der Waals surface area contributed by atoms with E-state index in [1.165, 1.54) is 0 Å². The van der Waals surface area contributed by atoms with Crippen LogP contribution in [0.1, 0.15) is 31.1 Å². The Bertz CT molecular complexity index is 896. The van der Waals surface area contributed by atoms with Crippen molar-refractivity contribution in [3.05, 3.63) is 54.1 Å². The van der Waals surface area contributed by atoms with Gasteiger partial charge in [0.15, 0.2) is 13.1 Å². The third kappa shape index (κ3) is 8.10. The van der Waals surface area contributed by atoms with Crippen molar-refractivity contribution >= 4 is 29.2 Å². The first-order valence-electron chi connectivity index (χ1n) is 10.2. The number of carbonyl (C=O) groups excluding carboxylic acids is 3. The van der Waals surface area contributed by atoms with E-state index >= 15 is 0 Å². The number of carbonyl (C=O) groups is 3. The molecule has 8 nitrogen and oxygen atoms in total. The van der Waals surface area contributed by atoms with Crippen LogP contribution < -0.4 is 20.3 Å². The summed E-state index contributed by atoms with van der Waals surface area (Å²) in [6.07, 6.45) is -0.198. The van der Waals surface area contributed by atoms with Crippen LogP contribution >= 0.6 is 0 Å². The Morgan fingerprint density at radius 3 is 2.10 bits per heavy atom. The predicted molar refractivity (Wildman–Crippen MR) is 118 cm³/mol. The highest BCUT2D eigenvalue weighted by atomic mass is 16.5. The fourth-order valence-electron chi connectivity index (χ4n) is 2.85. The van der Waals surface area contributed by atoms with E-state index in [0.717, 1.165) is 4.90 Å². The molecule has 0 heterocycles. The van der Waals surface area contributed by atoms with Crippen molar-refractivity contribution in [2.24, 2.45) is 0 Å². The second kappa shape index (κ2) is 11.7. The van der Waals surface area contributed by atoms with Crippen molar-refractivity contribution in [1.29, 1.82) is 0 Å². The molecule has 1 atom stereocenters. The number of quaternary nitrogens is 1. The average Bonchev–Trinajstić information content (AvgIpc) is 2.73. The van der Waals surface area contributed by atoms with Crippen LogP contribution in [-0.4, -0.2) is 50.6 Å². The fourth-order valence-corrected chi connectivity index (χ4v) is 2.85. The first-order chi connectivity index (χ1) is 14.8. The average molecular weight is 429 g/mol. The van der Waals surface area contributed by atoms with E-state index in [0.29, 0.717) is 29.2 Å². The van der Waals surface area contributed by atoms with E-state index in [4.69, 9.17) is 9.47 Å². The molecule has 0 bridgehead atoms. The number of esters is 1. The molecular formula is C23H30N3O5+. The van der Waals surface area contributed by atoms with Gasteiger partial charge in [0.1, 0.15) is 5.75 Å². The first kappa shape index (κ1) is 23.9. The minimum absolute atomic E-state index is 0.138. The molecule has 8 heteroatoms. The molecule has 2 aromatic carbocycles. The predicted octanol–water partition coefficient (Wildman–Crippen LogP) is 1.74. The van der Waals surface area contributed by atoms with Gasteiger partial charge in [0.2, 0.25) is 0 Å². The number of nitrogens with one attached hydrogen (secondary N) is 3. The van der Waals surface area contributed by atoms with Crippen LogP contribution in [-0.2, 0) is 14.3 Å². The van der Waals surface area contributed by atoms with Gasteiger partial charge in [-0.15, -0.1) is 0 Å². The van der Waals surface area contributed by atoms with Gasteiger partial charge in [-0.3, -0.25) is 9.59 Å². The minimum Gasteiger partial charge on any atom is -0.497 e. The van der Waals surface area contributed by atoms with Gasteiger partial charge < -0.3 is 25.0 Å². The number of anilines is 2. The number of ether oxygens (including phenoxy) is 2. The van der Waals surface area contributed by atoms with E-state index in [9.17, 15) is 14.4 Å². The third-order valence-electron chi connectivity index (χ3n) is 4.42. The number of methoxy groups -OCH3 is 1. The summed E-state index contributed by atoms with van der Waals surface area (Å²) < 4.78 is 10.3. The molecule has 0 saturated carbocycles. The Morgan fingerprint density at radius 2 is 1.55 bits per heavy atom. The number of benzene rings is 2. The van der Waals surface area contributed by atoms with Crippen LogP contribution in [0.4, 0.5) is 11.4 Å². The molecule has 0 fully saturated rings. The Hall–Kier alpha value is -3.39. The van der Waals surface area contributed by atoms with Crippen molar-refractivity contribution in [2.75, 3.05) is 37.4 Å². The van der Waals surface area contributed by atoms with Gasteiger partial charge in [-0.1, -0.05) is 6.07 Å². The van der Waals surface area contributed by atoms with E-state index in [1.807, 2.05) is 6.92 Å². The van der Waals surface area contributed by atoms with Gasteiger partial charge in [0.25, 0.3) is 11.8 Å². The van der Waals surface area contributed by atoms with Gasteiger partial charge in [-0.05, 0) is 57.2 Å². The summed E-state index contributed by atoms with van der Waals surface area (Å²) in [5.41, 5.74) is 1.63. The molecule has 0 radical (unpaired) electrons. The second-order valence-corrected chi connectivity index (χ2v) is 7.32. The quantitative estimate of drug-likeness (QED) is 0.501. The molecule has 2 amide bonds. The zero-order chi connectivity index (χ0) is 22.8. The minimum atomic E-state index is -0.406. The van der Waals surface area contributed by atoms with Gasteiger partial charge >= 0.3 is 5.97 Å². The second-order valence-electron chi connectivity index (χ2n) is 7.32. The number of likely N-dealkylation sites (N-methyl/N-ethyl adjacent to an activating group) is 1. The van der Waals surface area contributed by atoms with Gasteiger partial charge in [0, 0.05) is 17.4 Å². The lowest BCUT2D eigenvalue weighted by molar-refractivity contribution is -0.881. The summed E-state index contributed by atoms with van der Waals surface area (Å²) in [6, 6.07) is 13.6. The van der Waals surface area contributed by atoms with E-state index in [2.05, 4.69) is 10.6 Å². The normalized spacial score (nSPS) is 11.5. The molecule has 2 rings (SSSR count). The number of hydrogen-bond acceptors (Lipinski definition) is 5. The van der Waals surface area contributed by atoms with Crippen LogP contribution in [0, 0.1) is 0 Å². The molecule has 0 aromatic heterocycles. The van der Waals surface area contributed by atoms with E-state index in [-0.39, 0.29) is 31.0 Å². The molecule has 31 heavy (non-hydrogen) atoms. The van der Waals surface area contributed by atoms with Crippen LogP contribution in [0.5, 0.6) is 5.75 Å². The van der Waals surface area contributed by atoms with Gasteiger partial charge in [-0.2, -0.15) is 0 Å². The van der Waals surface area contributed by atoms with Crippen LogP contribution in [0.15, 0.2) is 48.5 Å². The summed E-state index contributed by atoms with van der Waals surface area (Å²) in [4.78, 5) is 37.4. The first-order valence-corrected chi connectivity index (χ1v) is 10.2. The summed E-state index contributed by atoms with van der Waals surface area (Å²) in [7, 11) is 1.56. The van der Waals surface area contributed by atoms with Gasteiger partial charge in [-0.25, -0.2) is 4.79 Å². The summed E-state index contributed by atoms with van der Waals surface area (Å²) in [6.45, 7) is 6.38. The Morgan fingerprint density at radius 1 is 0.935 bits per heavy atom. The summed E-state index contributed by atoms with van der Waals surface area (Å²) in [5, 5.41) is 5.61. The number of amides is 2. The maximum absolute atomic E-state index is 12.4. The standard InChI is InChI=1S/C23H29N3O5/c1-5-26(15-22(28)25-19-7-6-8-20(13-19)30-4)14-21(27)24-18-11-9-17(10-12-18)23(29)31-16(2)3/h6-13,16H,5,14-15H2,1-4H3,(H,24,27)(H,25,28)/p+1. The zero-order valence-electron chi connectivity index (χ0n) is 18.4. The maximum Gasteiger partial charge on any atom is 0.338 e. The maximum atomic E-state index is 12.4. The molecule has 1 unspecified atom stereocenters. The van der Waals surface area contributed by atoms with Crippen LogP contribution in [0.2, 0.25) is 0 Å². The highest BCUT2D eigenvalue weighted by Gasteiger charge is 2.17. The van der Waals surface area contributed by atoms with Crippen molar-refractivity contribution < 1.29 is 28.8 Å². The summed E-state index contributed by atoms with van der Waals surface area (Å²) >= 11 is 0. The van der Waals surface area contributed by atoms with Crippen molar-refractivity contribution in [2.45, 2.75) is 26.9 Å². The highest BCUT2D eigenvalue weighted by molar-refractivity contribution is 5.94. The highest BCUT2D eigenvalue weighted by Crippen LogP contribution is 2.16.